The Morgan fingerprint density at radius 2 is 1.02 bits per heavy atom. The first-order valence-electron chi connectivity index (χ1n) is 27.8. The molecule has 0 saturated heterocycles. The molecule has 0 amide bonds. The zero-order valence-electron chi connectivity index (χ0n) is 51.9. The van der Waals surface area contributed by atoms with E-state index >= 15 is 0 Å². The van der Waals surface area contributed by atoms with Crippen molar-refractivity contribution in [3.63, 3.8) is 0 Å². The first-order chi connectivity index (χ1) is 34.9. The average molecular weight is 617 g/mol. The minimum atomic E-state index is -1.25. The topological polar surface area (TPSA) is 16.4 Å². The summed E-state index contributed by atoms with van der Waals surface area (Å²) in [5.41, 5.74) is -8.02. The number of furan rings is 1. The highest BCUT2D eigenvalue weighted by Gasteiger charge is 2.22. The monoisotopic (exact) mass is 616 g/mol. The molecule has 0 N–H and O–H groups in total. The van der Waals surface area contributed by atoms with Crippen molar-refractivity contribution in [3.8, 4) is 22.3 Å². The maximum Gasteiger partial charge on any atom is 0.143 e. The minimum Gasteiger partial charge on any atom is -0.455 e. The van der Waals surface area contributed by atoms with E-state index in [-0.39, 0.29) is 0 Å². The SMILES string of the molecule is [2H]c1c([2H])c([2H])c(-c2c([2H])c([2H])c(N(c3c([2H])c([2H])c([2H])c4c([2H])c([2H])c([2H])c([2H])c34)c3c([2H])c([2H])c([2H])c4oc5c6c([2H])c([2H])c([2H])c([2H])c6c(-c6c([2H])c([2H])c([2H])c([2H])c6[2H])c([2H])c5c34)c([2H])c2[2H])c([2H])c1[2H]. The first-order valence-corrected chi connectivity index (χ1v) is 13.3. The summed E-state index contributed by atoms with van der Waals surface area (Å²) in [5.74, 6) is 0. The Morgan fingerprint density at radius 3 is 1.80 bits per heavy atom. The normalized spacial score (nSPS) is 20.3. The van der Waals surface area contributed by atoms with Gasteiger partial charge in [0.15, 0.2) is 0 Å². The Kier molecular flexibility index (Phi) is 2.39. The molecule has 0 aliphatic heterocycles. The van der Waals surface area contributed by atoms with Crippen LogP contribution in [0.25, 0.3) is 65.7 Å². The van der Waals surface area contributed by atoms with E-state index in [1.54, 1.807) is 0 Å². The quantitative estimate of drug-likeness (QED) is 0.191. The van der Waals surface area contributed by atoms with Crippen LogP contribution in [0.3, 0.4) is 0 Å². The Labute approximate surface area is 308 Å². The summed E-state index contributed by atoms with van der Waals surface area (Å²) in [6, 6.07) is -29.6. The summed E-state index contributed by atoms with van der Waals surface area (Å²) in [5, 5.41) is -4.45. The number of benzene rings is 8. The molecule has 0 bridgehead atoms. The highest BCUT2D eigenvalue weighted by molar-refractivity contribution is 6.23. The minimum absolute atomic E-state index is 0.459. The molecule has 9 rings (SSSR count). The summed E-state index contributed by atoms with van der Waals surface area (Å²) in [6.07, 6.45) is 0. The van der Waals surface area contributed by atoms with Gasteiger partial charge in [-0.3, -0.25) is 0 Å². The molecule has 9 aromatic rings. The Bertz CT molecular complexity index is 4090. The molecule has 0 aliphatic rings. The predicted molar refractivity (Wildman–Crippen MR) is 194 cm³/mol. The van der Waals surface area contributed by atoms with Crippen LogP contribution in [-0.4, -0.2) is 0 Å². The van der Waals surface area contributed by atoms with Gasteiger partial charge in [0.25, 0.3) is 0 Å². The van der Waals surface area contributed by atoms with Crippen molar-refractivity contribution in [1.29, 1.82) is 0 Å². The summed E-state index contributed by atoms with van der Waals surface area (Å²) < 4.78 is 265. The summed E-state index contributed by atoms with van der Waals surface area (Å²) in [4.78, 5) is 0.459. The Hall–Kier alpha value is -6.12. The molecule has 1 heterocycles. The maximum atomic E-state index is 9.95. The van der Waals surface area contributed by atoms with Gasteiger partial charge in [-0.1, -0.05) is 139 Å². The van der Waals surface area contributed by atoms with Crippen LogP contribution in [-0.2, 0) is 0 Å². The van der Waals surface area contributed by atoms with Gasteiger partial charge in [0, 0.05) is 21.8 Å². The molecule has 0 saturated carbocycles. The fourth-order valence-electron chi connectivity index (χ4n) is 5.06. The molecular formula is C44H29NO. The van der Waals surface area contributed by atoms with Crippen molar-refractivity contribution in [2.24, 2.45) is 0 Å². The summed E-state index contributed by atoms with van der Waals surface area (Å²) in [7, 11) is 0. The van der Waals surface area contributed by atoms with Crippen LogP contribution in [0, 0.1) is 0 Å². The van der Waals surface area contributed by atoms with Crippen molar-refractivity contribution < 1.29 is 44.2 Å². The second-order valence-corrected chi connectivity index (χ2v) is 9.52. The van der Waals surface area contributed by atoms with E-state index in [0.29, 0.717) is 4.90 Å². The highest BCUT2D eigenvalue weighted by atomic mass is 16.3. The van der Waals surface area contributed by atoms with Crippen LogP contribution in [0.4, 0.5) is 17.1 Å². The zero-order chi connectivity index (χ0) is 55.7. The number of hydrogen-bond donors (Lipinski definition) is 0. The van der Waals surface area contributed by atoms with E-state index < -0.39 is 258 Å². The fourth-order valence-corrected chi connectivity index (χ4v) is 5.06. The molecule has 0 unspecified atom stereocenters. The molecular weight excluding hydrogens is 558 g/mol. The summed E-state index contributed by atoms with van der Waals surface area (Å²) >= 11 is 0. The molecule has 0 radical (unpaired) electrons. The predicted octanol–water partition coefficient (Wildman–Crippen LogP) is 12.7. The van der Waals surface area contributed by atoms with E-state index in [1.807, 2.05) is 0 Å². The molecule has 0 aliphatic carbocycles. The van der Waals surface area contributed by atoms with Crippen molar-refractivity contribution in [1.82, 2.24) is 0 Å². The lowest BCUT2D eigenvalue weighted by Gasteiger charge is -2.27. The molecule has 0 spiro atoms. The third-order valence-electron chi connectivity index (χ3n) is 6.99. The van der Waals surface area contributed by atoms with Crippen LogP contribution >= 0.6 is 0 Å². The maximum absolute atomic E-state index is 9.95. The largest absolute Gasteiger partial charge is 0.455 e. The van der Waals surface area contributed by atoms with Gasteiger partial charge in [-0.25, -0.2) is 0 Å². The smallest absolute Gasteiger partial charge is 0.143 e. The lowest BCUT2D eigenvalue weighted by Crippen LogP contribution is -2.10. The van der Waals surface area contributed by atoms with Gasteiger partial charge >= 0.3 is 0 Å². The molecule has 46 heavy (non-hydrogen) atoms. The van der Waals surface area contributed by atoms with Crippen molar-refractivity contribution >= 4 is 60.5 Å². The van der Waals surface area contributed by atoms with Crippen LogP contribution in [0.2, 0.25) is 0 Å². The second kappa shape index (κ2) is 10.8. The number of rotatable bonds is 5. The molecule has 0 atom stereocenters. The number of anilines is 3. The van der Waals surface area contributed by atoms with Gasteiger partial charge in [-0.15, -0.1) is 0 Å². The van der Waals surface area contributed by atoms with Gasteiger partial charge in [-0.05, 0) is 69.3 Å². The third kappa shape index (κ3) is 4.27. The van der Waals surface area contributed by atoms with Gasteiger partial charge in [0.2, 0.25) is 0 Å². The van der Waals surface area contributed by atoms with Crippen molar-refractivity contribution in [3.05, 3.63) is 175 Å². The van der Waals surface area contributed by atoms with Gasteiger partial charge in [0.05, 0.1) is 56.5 Å². The average Bonchev–Trinajstić information content (AvgIpc) is 3.78. The van der Waals surface area contributed by atoms with E-state index in [0.717, 1.165) is 0 Å². The zero-order valence-corrected chi connectivity index (χ0v) is 22.9. The van der Waals surface area contributed by atoms with E-state index in [1.165, 1.54) is 0 Å². The highest BCUT2D eigenvalue weighted by Crippen LogP contribution is 2.47. The van der Waals surface area contributed by atoms with Crippen molar-refractivity contribution in [2.45, 2.75) is 0 Å². The number of fused-ring (bicyclic) bond motifs is 6. The summed E-state index contributed by atoms with van der Waals surface area (Å²) in [6.45, 7) is 0. The van der Waals surface area contributed by atoms with Crippen LogP contribution in [0.5, 0.6) is 0 Å². The van der Waals surface area contributed by atoms with Crippen molar-refractivity contribution in [2.75, 3.05) is 4.90 Å². The molecule has 216 valence electrons. The second-order valence-electron chi connectivity index (χ2n) is 9.52. The third-order valence-corrected chi connectivity index (χ3v) is 6.99. The Balaban J connectivity index is 1.64. The molecule has 0 fully saturated rings. The van der Waals surface area contributed by atoms with E-state index in [4.69, 9.17) is 31.8 Å². The standard InChI is InChI=1S/C44H29NO/c1-3-13-30(14-4-1)31-25-27-34(28-26-31)45(40-22-11-18-32-17-7-8-19-35(32)40)41-23-12-24-42-43(41)39-29-38(33-15-5-2-6-16-33)36-20-9-10-21-37(36)44(39)46-42/h1-29H/i1D,2D,3D,4D,5D,6D,7D,8D,9D,10D,11D,12D,13D,14D,15D,16D,17D,18D,19D,20D,21D,22D,23D,24D,25D,26D,27D,28D,29D. The Morgan fingerprint density at radius 1 is 0.435 bits per heavy atom. The van der Waals surface area contributed by atoms with E-state index in [9.17, 15) is 12.3 Å². The lowest BCUT2D eigenvalue weighted by molar-refractivity contribution is 0.672. The van der Waals surface area contributed by atoms with Gasteiger partial charge < -0.3 is 9.32 Å². The van der Waals surface area contributed by atoms with Gasteiger partial charge in [0.1, 0.15) is 11.2 Å². The fraction of sp³-hybridized carbons (Fsp3) is 0. The first kappa shape index (κ1) is 10.2. The van der Waals surface area contributed by atoms with E-state index in [2.05, 4.69) is 0 Å². The lowest BCUT2D eigenvalue weighted by atomic mass is 9.95. The van der Waals surface area contributed by atoms with Crippen LogP contribution < -0.4 is 4.90 Å². The molecule has 2 nitrogen and oxygen atoms in total. The number of hydrogen-bond acceptors (Lipinski definition) is 2. The molecule has 1 aromatic heterocycles. The van der Waals surface area contributed by atoms with Gasteiger partial charge in [-0.2, -0.15) is 0 Å². The molecule has 8 aromatic carbocycles. The molecule has 2 heteroatoms. The van der Waals surface area contributed by atoms with Crippen LogP contribution in [0.15, 0.2) is 180 Å². The number of nitrogens with zero attached hydrogens (tertiary/aromatic N) is 1. The van der Waals surface area contributed by atoms with Crippen LogP contribution in [0.1, 0.15) is 39.8 Å².